The van der Waals surface area contributed by atoms with E-state index in [0.29, 0.717) is 16.2 Å². The van der Waals surface area contributed by atoms with E-state index < -0.39 is 0 Å². The fourth-order valence-corrected chi connectivity index (χ4v) is 3.26. The van der Waals surface area contributed by atoms with Crippen molar-refractivity contribution in [2.45, 2.75) is 23.2 Å². The maximum atomic E-state index is 14.0. The lowest BCUT2D eigenvalue weighted by Crippen LogP contribution is -2.23. The topological polar surface area (TPSA) is 80.5 Å². The number of imidazole rings is 1. The minimum Gasteiger partial charge on any atom is -0.341 e. The van der Waals surface area contributed by atoms with Gasteiger partial charge in [-0.15, -0.1) is 0 Å². The summed E-state index contributed by atoms with van der Waals surface area (Å²) in [5, 5.41) is 0.468. The van der Waals surface area contributed by atoms with Crippen LogP contribution in [0.25, 0.3) is 11.2 Å². The summed E-state index contributed by atoms with van der Waals surface area (Å²) in [6.45, 7) is 1.86. The van der Waals surface area contributed by atoms with E-state index in [4.69, 9.17) is 5.73 Å². The van der Waals surface area contributed by atoms with Crippen LogP contribution in [0.15, 0.2) is 41.9 Å². The summed E-state index contributed by atoms with van der Waals surface area (Å²) in [7, 11) is 0. The normalized spacial score (nSPS) is 14.2. The second-order valence-electron chi connectivity index (χ2n) is 4.70. The monoisotopic (exact) mass is 303 g/mol. The van der Waals surface area contributed by atoms with Crippen molar-refractivity contribution in [1.29, 1.82) is 0 Å². The third kappa shape index (κ3) is 2.74. The van der Waals surface area contributed by atoms with E-state index in [-0.39, 0.29) is 17.1 Å². The van der Waals surface area contributed by atoms with Gasteiger partial charge in [-0.1, -0.05) is 30.0 Å². The van der Waals surface area contributed by atoms with Gasteiger partial charge in [0.05, 0.1) is 11.6 Å². The first-order chi connectivity index (χ1) is 10.2. The Kier molecular flexibility index (Phi) is 3.85. The molecule has 2 unspecified atom stereocenters. The Morgan fingerprint density at radius 3 is 2.81 bits per heavy atom. The van der Waals surface area contributed by atoms with Gasteiger partial charge in [-0.2, -0.15) is 0 Å². The van der Waals surface area contributed by atoms with Gasteiger partial charge in [0.1, 0.15) is 22.7 Å². The summed E-state index contributed by atoms with van der Waals surface area (Å²) in [5.41, 5.74) is 7.95. The van der Waals surface area contributed by atoms with Gasteiger partial charge in [-0.25, -0.2) is 19.3 Å². The van der Waals surface area contributed by atoms with Crippen molar-refractivity contribution in [2.24, 2.45) is 5.73 Å². The molecule has 0 spiro atoms. The molecule has 3 aromatic rings. The standard InChI is InChI=1S/C14H14FN5S/c1-8(16)12(9-4-2-3-5-10(9)15)21-14-11-13(18-6-17-11)19-7-20-14/h2-8,12H,16H2,1H3,(H,17,18,19,20). The van der Waals surface area contributed by atoms with E-state index in [1.165, 1.54) is 24.2 Å². The predicted molar refractivity (Wildman–Crippen MR) is 80.3 cm³/mol. The van der Waals surface area contributed by atoms with Gasteiger partial charge in [-0.05, 0) is 13.0 Å². The molecule has 0 aliphatic carbocycles. The molecule has 2 heterocycles. The van der Waals surface area contributed by atoms with Crippen molar-refractivity contribution in [3.05, 3.63) is 48.3 Å². The number of hydrogen-bond donors (Lipinski definition) is 2. The van der Waals surface area contributed by atoms with E-state index in [2.05, 4.69) is 19.9 Å². The summed E-state index contributed by atoms with van der Waals surface area (Å²) in [6.07, 6.45) is 3.01. The largest absolute Gasteiger partial charge is 0.341 e. The Bertz CT molecular complexity index is 758. The highest BCUT2D eigenvalue weighted by molar-refractivity contribution is 7.99. The van der Waals surface area contributed by atoms with Gasteiger partial charge in [-0.3, -0.25) is 0 Å². The predicted octanol–water partition coefficient (Wildman–Crippen LogP) is 2.67. The van der Waals surface area contributed by atoms with E-state index in [0.717, 1.165) is 5.52 Å². The van der Waals surface area contributed by atoms with Crippen LogP contribution in [-0.2, 0) is 0 Å². The number of halogens is 1. The van der Waals surface area contributed by atoms with Crippen molar-refractivity contribution >= 4 is 22.9 Å². The number of nitrogens with one attached hydrogen (secondary N) is 1. The molecule has 1 aromatic carbocycles. The maximum Gasteiger partial charge on any atom is 0.181 e. The Morgan fingerprint density at radius 2 is 2.05 bits per heavy atom. The molecule has 21 heavy (non-hydrogen) atoms. The molecule has 0 fully saturated rings. The van der Waals surface area contributed by atoms with Gasteiger partial charge in [0.25, 0.3) is 0 Å². The van der Waals surface area contributed by atoms with E-state index in [9.17, 15) is 4.39 Å². The minimum absolute atomic E-state index is 0.236. The lowest BCUT2D eigenvalue weighted by atomic mass is 10.1. The molecule has 108 valence electrons. The van der Waals surface area contributed by atoms with Crippen LogP contribution in [-0.4, -0.2) is 26.0 Å². The molecular formula is C14H14FN5S. The first-order valence-corrected chi connectivity index (χ1v) is 7.35. The molecule has 0 aliphatic rings. The third-order valence-electron chi connectivity index (χ3n) is 3.12. The number of nitrogens with two attached hydrogens (primary N) is 1. The third-order valence-corrected chi connectivity index (χ3v) is 4.59. The van der Waals surface area contributed by atoms with Crippen LogP contribution in [0.4, 0.5) is 4.39 Å². The summed E-state index contributed by atoms with van der Waals surface area (Å²) in [4.78, 5) is 15.4. The molecule has 0 radical (unpaired) electrons. The number of benzene rings is 1. The first-order valence-electron chi connectivity index (χ1n) is 6.47. The van der Waals surface area contributed by atoms with Gasteiger partial charge in [0.15, 0.2) is 5.65 Å². The SMILES string of the molecule is CC(N)C(Sc1ncnc2nc[nH]c12)c1ccccc1F. The quantitative estimate of drug-likeness (QED) is 0.572. The van der Waals surface area contributed by atoms with Crippen LogP contribution in [0.1, 0.15) is 17.7 Å². The summed E-state index contributed by atoms with van der Waals surface area (Å²) in [5.74, 6) is -0.262. The highest BCUT2D eigenvalue weighted by atomic mass is 32.2. The molecule has 3 N–H and O–H groups in total. The van der Waals surface area contributed by atoms with Gasteiger partial charge in [0.2, 0.25) is 0 Å². The number of thioether (sulfide) groups is 1. The lowest BCUT2D eigenvalue weighted by molar-refractivity contribution is 0.592. The van der Waals surface area contributed by atoms with E-state index in [1.807, 2.05) is 6.92 Å². The molecule has 3 rings (SSSR count). The zero-order chi connectivity index (χ0) is 14.8. The molecule has 0 amide bonds. The fourth-order valence-electron chi connectivity index (χ4n) is 2.11. The van der Waals surface area contributed by atoms with Gasteiger partial charge >= 0.3 is 0 Å². The van der Waals surface area contributed by atoms with Crippen LogP contribution in [0, 0.1) is 5.82 Å². The summed E-state index contributed by atoms with van der Waals surface area (Å²) < 4.78 is 14.0. The van der Waals surface area contributed by atoms with Crippen molar-refractivity contribution in [3.63, 3.8) is 0 Å². The van der Waals surface area contributed by atoms with E-state index in [1.54, 1.807) is 24.5 Å². The summed E-state index contributed by atoms with van der Waals surface area (Å²) >= 11 is 1.41. The molecule has 7 heteroatoms. The molecule has 2 atom stereocenters. The Hall–Kier alpha value is -1.99. The highest BCUT2D eigenvalue weighted by Crippen LogP contribution is 2.38. The molecule has 2 aromatic heterocycles. The zero-order valence-corrected chi connectivity index (χ0v) is 12.1. The van der Waals surface area contributed by atoms with Crippen LogP contribution in [0.2, 0.25) is 0 Å². The molecule has 0 saturated carbocycles. The average molecular weight is 303 g/mol. The number of aromatic amines is 1. The summed E-state index contributed by atoms with van der Waals surface area (Å²) in [6, 6.07) is 6.43. The number of nitrogens with zero attached hydrogens (tertiary/aromatic N) is 3. The van der Waals surface area contributed by atoms with Crippen molar-refractivity contribution < 1.29 is 4.39 Å². The second kappa shape index (κ2) is 5.79. The van der Waals surface area contributed by atoms with Crippen molar-refractivity contribution in [2.75, 3.05) is 0 Å². The number of hydrogen-bond acceptors (Lipinski definition) is 5. The van der Waals surface area contributed by atoms with Gasteiger partial charge < -0.3 is 10.7 Å². The Balaban J connectivity index is 2.00. The van der Waals surface area contributed by atoms with Gasteiger partial charge in [0, 0.05) is 11.6 Å². The number of fused-ring (bicyclic) bond motifs is 1. The smallest absolute Gasteiger partial charge is 0.181 e. The Morgan fingerprint density at radius 1 is 1.24 bits per heavy atom. The van der Waals surface area contributed by atoms with Crippen LogP contribution < -0.4 is 5.73 Å². The second-order valence-corrected chi connectivity index (χ2v) is 5.83. The van der Waals surface area contributed by atoms with Crippen molar-refractivity contribution in [1.82, 2.24) is 19.9 Å². The highest BCUT2D eigenvalue weighted by Gasteiger charge is 2.23. The minimum atomic E-state index is -0.262. The number of rotatable bonds is 4. The molecule has 0 aliphatic heterocycles. The first kappa shape index (κ1) is 14.0. The van der Waals surface area contributed by atoms with Crippen LogP contribution in [0.3, 0.4) is 0 Å². The lowest BCUT2D eigenvalue weighted by Gasteiger charge is -2.20. The van der Waals surface area contributed by atoms with Crippen LogP contribution >= 0.6 is 11.8 Å². The van der Waals surface area contributed by atoms with E-state index >= 15 is 0 Å². The average Bonchev–Trinajstić information content (AvgIpc) is 2.94. The molecule has 0 bridgehead atoms. The molecular weight excluding hydrogens is 289 g/mol. The zero-order valence-electron chi connectivity index (χ0n) is 11.3. The van der Waals surface area contributed by atoms with Crippen LogP contribution in [0.5, 0.6) is 0 Å². The molecule has 5 nitrogen and oxygen atoms in total. The van der Waals surface area contributed by atoms with Crippen molar-refractivity contribution in [3.8, 4) is 0 Å². The Labute approximate surface area is 125 Å². The number of H-pyrrole nitrogens is 1. The fraction of sp³-hybridized carbons (Fsp3) is 0.214. The number of aromatic nitrogens is 4. The molecule has 0 saturated heterocycles. The maximum absolute atomic E-state index is 14.0.